The molecule has 1 aromatic carbocycles. The van der Waals surface area contributed by atoms with E-state index in [4.69, 9.17) is 4.74 Å². The van der Waals surface area contributed by atoms with Gasteiger partial charge in [0.25, 0.3) is 0 Å². The van der Waals surface area contributed by atoms with Gasteiger partial charge in [-0.25, -0.2) is 0 Å². The maximum absolute atomic E-state index is 5.88. The Labute approximate surface area is 149 Å². The fourth-order valence-electron chi connectivity index (χ4n) is 5.24. The molecule has 4 nitrogen and oxygen atoms in total. The van der Waals surface area contributed by atoms with E-state index in [2.05, 4.69) is 40.5 Å². The van der Waals surface area contributed by atoms with Crippen molar-refractivity contribution in [2.45, 2.75) is 51.1 Å². The Balaban J connectivity index is 1.35. The molecule has 25 heavy (non-hydrogen) atoms. The van der Waals surface area contributed by atoms with Crippen LogP contribution in [0.3, 0.4) is 0 Å². The number of fused-ring (bicyclic) bond motifs is 6. The van der Waals surface area contributed by atoms with E-state index in [1.54, 1.807) is 0 Å². The molecular formula is C21H29N3O. The summed E-state index contributed by atoms with van der Waals surface area (Å²) >= 11 is 0. The van der Waals surface area contributed by atoms with Crippen LogP contribution in [0.5, 0.6) is 5.75 Å². The molecule has 3 saturated heterocycles. The first-order valence-corrected chi connectivity index (χ1v) is 10.0. The average molecular weight is 339 g/mol. The molecule has 0 saturated carbocycles. The highest BCUT2D eigenvalue weighted by Gasteiger charge is 2.34. The molecule has 6 rings (SSSR count). The van der Waals surface area contributed by atoms with Gasteiger partial charge in [-0.1, -0.05) is 0 Å². The molecule has 4 aliphatic rings. The standard InChI is InChI=1S/C21H29N3O/c1-14(23-19-13-24-8-6-15(19)7-9-24)11-16-12-22-18-4-5-20-17(21(16)18)3-2-10-25-20/h4-5,12,14-15,19,22-23H,2-3,6-11,13H2,1H3/t14-,19+/m1/s1. The predicted octanol–water partition coefficient (Wildman–Crippen LogP) is 3.11. The van der Waals surface area contributed by atoms with Crippen LogP contribution in [0.2, 0.25) is 0 Å². The van der Waals surface area contributed by atoms with Crippen molar-refractivity contribution in [2.24, 2.45) is 5.92 Å². The van der Waals surface area contributed by atoms with E-state index in [0.717, 1.165) is 37.5 Å². The Kier molecular flexibility index (Phi) is 3.98. The summed E-state index contributed by atoms with van der Waals surface area (Å²) in [7, 11) is 0. The lowest BCUT2D eigenvalue weighted by molar-refractivity contribution is 0.0681. The van der Waals surface area contributed by atoms with Gasteiger partial charge in [0.1, 0.15) is 5.75 Å². The first-order chi connectivity index (χ1) is 12.3. The van der Waals surface area contributed by atoms with E-state index in [1.807, 2.05) is 0 Å². The van der Waals surface area contributed by atoms with Crippen molar-refractivity contribution in [3.8, 4) is 5.75 Å². The Bertz CT molecular complexity index is 760. The molecule has 4 aliphatic heterocycles. The van der Waals surface area contributed by atoms with Gasteiger partial charge in [-0.3, -0.25) is 0 Å². The van der Waals surface area contributed by atoms with Crippen molar-refractivity contribution >= 4 is 10.9 Å². The number of ether oxygens (including phenoxy) is 1. The molecule has 1 aromatic heterocycles. The van der Waals surface area contributed by atoms with Crippen molar-refractivity contribution in [2.75, 3.05) is 26.2 Å². The summed E-state index contributed by atoms with van der Waals surface area (Å²) in [6.07, 6.45) is 8.32. The third kappa shape index (κ3) is 2.85. The van der Waals surface area contributed by atoms with E-state index in [9.17, 15) is 0 Å². The van der Waals surface area contributed by atoms with Gasteiger partial charge in [-0.2, -0.15) is 0 Å². The molecular weight excluding hydrogens is 310 g/mol. The molecule has 2 atom stereocenters. The van der Waals surface area contributed by atoms with Crippen LogP contribution in [0, 0.1) is 5.92 Å². The normalized spacial score (nSPS) is 29.4. The summed E-state index contributed by atoms with van der Waals surface area (Å²) in [4.78, 5) is 6.11. The smallest absolute Gasteiger partial charge is 0.123 e. The van der Waals surface area contributed by atoms with Crippen LogP contribution in [0.25, 0.3) is 10.9 Å². The second-order valence-corrected chi connectivity index (χ2v) is 8.25. The summed E-state index contributed by atoms with van der Waals surface area (Å²) in [5.41, 5.74) is 4.11. The zero-order chi connectivity index (χ0) is 16.8. The molecule has 2 bridgehead atoms. The van der Waals surface area contributed by atoms with Gasteiger partial charge in [0.15, 0.2) is 0 Å². The SMILES string of the molecule is C[C@H](Cc1c[nH]c2ccc3c(c12)CCCO3)N[C@H]1CN2CCC1CC2. The molecule has 2 aromatic rings. The Morgan fingerprint density at radius 1 is 1.32 bits per heavy atom. The monoisotopic (exact) mass is 339 g/mol. The quantitative estimate of drug-likeness (QED) is 0.899. The lowest BCUT2D eigenvalue weighted by atomic mass is 9.83. The Hall–Kier alpha value is -1.52. The number of aromatic amines is 1. The zero-order valence-corrected chi connectivity index (χ0v) is 15.2. The van der Waals surface area contributed by atoms with Gasteiger partial charge in [0.05, 0.1) is 6.61 Å². The third-order valence-corrected chi connectivity index (χ3v) is 6.50. The van der Waals surface area contributed by atoms with Gasteiger partial charge in [0.2, 0.25) is 0 Å². The van der Waals surface area contributed by atoms with Gasteiger partial charge < -0.3 is 19.9 Å². The predicted molar refractivity (Wildman–Crippen MR) is 101 cm³/mol. The Morgan fingerprint density at radius 2 is 2.20 bits per heavy atom. The molecule has 134 valence electrons. The average Bonchev–Trinajstić information content (AvgIpc) is 3.06. The highest BCUT2D eigenvalue weighted by atomic mass is 16.5. The fourth-order valence-corrected chi connectivity index (χ4v) is 5.24. The molecule has 0 spiro atoms. The molecule has 0 amide bonds. The van der Waals surface area contributed by atoms with Crippen LogP contribution in [-0.2, 0) is 12.8 Å². The van der Waals surface area contributed by atoms with Crippen LogP contribution in [0.4, 0.5) is 0 Å². The summed E-state index contributed by atoms with van der Waals surface area (Å²) in [5.74, 6) is 1.98. The highest BCUT2D eigenvalue weighted by molar-refractivity contribution is 5.89. The number of aryl methyl sites for hydroxylation is 1. The fraction of sp³-hybridized carbons (Fsp3) is 0.619. The maximum atomic E-state index is 5.88. The number of H-pyrrole nitrogens is 1. The molecule has 0 unspecified atom stereocenters. The van der Waals surface area contributed by atoms with Crippen LogP contribution in [0.15, 0.2) is 18.3 Å². The van der Waals surface area contributed by atoms with E-state index < -0.39 is 0 Å². The first-order valence-electron chi connectivity index (χ1n) is 10.0. The van der Waals surface area contributed by atoms with Crippen molar-refractivity contribution in [1.82, 2.24) is 15.2 Å². The van der Waals surface area contributed by atoms with Crippen molar-refractivity contribution < 1.29 is 4.74 Å². The van der Waals surface area contributed by atoms with Crippen molar-refractivity contribution in [3.63, 3.8) is 0 Å². The van der Waals surface area contributed by atoms with Gasteiger partial charge in [-0.05, 0) is 75.7 Å². The molecule has 5 heterocycles. The number of aromatic nitrogens is 1. The lowest BCUT2D eigenvalue weighted by Crippen LogP contribution is -2.57. The largest absolute Gasteiger partial charge is 0.493 e. The molecule has 4 heteroatoms. The number of piperidine rings is 3. The van der Waals surface area contributed by atoms with E-state index >= 15 is 0 Å². The topological polar surface area (TPSA) is 40.3 Å². The highest BCUT2D eigenvalue weighted by Crippen LogP contribution is 2.34. The summed E-state index contributed by atoms with van der Waals surface area (Å²) in [6.45, 7) is 7.07. The van der Waals surface area contributed by atoms with Crippen LogP contribution in [0.1, 0.15) is 37.3 Å². The van der Waals surface area contributed by atoms with Crippen LogP contribution < -0.4 is 10.1 Å². The van der Waals surface area contributed by atoms with Crippen LogP contribution >= 0.6 is 0 Å². The van der Waals surface area contributed by atoms with E-state index in [1.165, 1.54) is 54.5 Å². The number of hydrogen-bond donors (Lipinski definition) is 2. The summed E-state index contributed by atoms with van der Waals surface area (Å²) < 4.78 is 5.88. The van der Waals surface area contributed by atoms with Gasteiger partial charge in [-0.15, -0.1) is 0 Å². The summed E-state index contributed by atoms with van der Waals surface area (Å²) in [6, 6.07) is 5.49. The number of hydrogen-bond acceptors (Lipinski definition) is 3. The molecule has 0 aliphatic carbocycles. The zero-order valence-electron chi connectivity index (χ0n) is 15.2. The number of nitrogens with one attached hydrogen (secondary N) is 2. The third-order valence-electron chi connectivity index (χ3n) is 6.50. The lowest BCUT2D eigenvalue weighted by Gasteiger charge is -2.46. The van der Waals surface area contributed by atoms with E-state index in [0.29, 0.717) is 12.1 Å². The Morgan fingerprint density at radius 3 is 3.00 bits per heavy atom. The first kappa shape index (κ1) is 15.7. The summed E-state index contributed by atoms with van der Waals surface area (Å²) in [5, 5.41) is 5.36. The van der Waals surface area contributed by atoms with Crippen molar-refractivity contribution in [1.29, 1.82) is 0 Å². The second-order valence-electron chi connectivity index (χ2n) is 8.25. The minimum Gasteiger partial charge on any atom is -0.493 e. The van der Waals surface area contributed by atoms with Gasteiger partial charge in [0, 0.05) is 41.3 Å². The molecule has 2 N–H and O–H groups in total. The van der Waals surface area contributed by atoms with Crippen LogP contribution in [-0.4, -0.2) is 48.2 Å². The number of nitrogens with zero attached hydrogens (tertiary/aromatic N) is 1. The van der Waals surface area contributed by atoms with E-state index in [-0.39, 0.29) is 0 Å². The second kappa shape index (κ2) is 6.33. The number of rotatable bonds is 4. The molecule has 3 fully saturated rings. The minimum absolute atomic E-state index is 0.505. The van der Waals surface area contributed by atoms with Crippen molar-refractivity contribution in [3.05, 3.63) is 29.5 Å². The van der Waals surface area contributed by atoms with Gasteiger partial charge >= 0.3 is 0 Å². The minimum atomic E-state index is 0.505. The number of benzene rings is 1. The molecule has 0 radical (unpaired) electrons. The maximum Gasteiger partial charge on any atom is 0.123 e.